The van der Waals surface area contributed by atoms with Gasteiger partial charge in [0.2, 0.25) is 0 Å². The van der Waals surface area contributed by atoms with E-state index in [1.807, 2.05) is 6.92 Å². The fourth-order valence-electron chi connectivity index (χ4n) is 1.23. The second-order valence-corrected chi connectivity index (χ2v) is 3.17. The first-order valence-electron chi connectivity index (χ1n) is 4.00. The Morgan fingerprint density at radius 2 is 2.27 bits per heavy atom. The van der Waals surface area contributed by atoms with E-state index in [0.29, 0.717) is 18.9 Å². The second-order valence-electron chi connectivity index (χ2n) is 3.17. The zero-order valence-corrected chi connectivity index (χ0v) is 6.75. The third kappa shape index (κ3) is 2.99. The number of ether oxygens (including phenoxy) is 1. The number of ketones is 1. The molecule has 0 aromatic heterocycles. The molecule has 1 fully saturated rings. The van der Waals surface area contributed by atoms with Crippen LogP contribution in [0.3, 0.4) is 0 Å². The maximum Gasteiger partial charge on any atom is 0.161 e. The lowest BCUT2D eigenvalue weighted by molar-refractivity contribution is -0.142. The van der Waals surface area contributed by atoms with E-state index in [9.17, 15) is 4.79 Å². The summed E-state index contributed by atoms with van der Waals surface area (Å²) in [6.07, 6.45) is 0.739. The van der Waals surface area contributed by atoms with Crippen LogP contribution in [0.15, 0.2) is 0 Å². The molecular weight excluding hydrogens is 144 g/mol. The molecule has 64 valence electrons. The molecule has 1 rings (SSSR count). The van der Waals surface area contributed by atoms with Gasteiger partial charge in [-0.25, -0.2) is 0 Å². The molecule has 1 aliphatic heterocycles. The summed E-state index contributed by atoms with van der Waals surface area (Å²) < 4.78 is 4.96. The monoisotopic (exact) mass is 158 g/mol. The lowest BCUT2D eigenvalue weighted by Gasteiger charge is -2.18. The van der Waals surface area contributed by atoms with Crippen molar-refractivity contribution >= 4 is 5.78 Å². The minimum atomic E-state index is -0.866. The summed E-state index contributed by atoms with van der Waals surface area (Å²) in [7, 11) is 0. The van der Waals surface area contributed by atoms with Gasteiger partial charge in [0.15, 0.2) is 6.29 Å². The SMILES string of the molecule is C[C@@H]1CCO[C@@H](O)CC(=O)C1. The van der Waals surface area contributed by atoms with Crippen molar-refractivity contribution in [1.29, 1.82) is 0 Å². The van der Waals surface area contributed by atoms with Crippen LogP contribution in [0, 0.1) is 5.92 Å². The smallest absolute Gasteiger partial charge is 0.161 e. The van der Waals surface area contributed by atoms with Crippen molar-refractivity contribution in [3.05, 3.63) is 0 Å². The molecule has 0 radical (unpaired) electrons. The van der Waals surface area contributed by atoms with Crippen LogP contribution in [0.4, 0.5) is 0 Å². The van der Waals surface area contributed by atoms with Gasteiger partial charge in [-0.2, -0.15) is 0 Å². The Labute approximate surface area is 66.4 Å². The molecule has 0 aromatic carbocycles. The molecule has 0 aliphatic carbocycles. The van der Waals surface area contributed by atoms with Crippen molar-refractivity contribution in [2.24, 2.45) is 5.92 Å². The van der Waals surface area contributed by atoms with Gasteiger partial charge in [-0.1, -0.05) is 6.92 Å². The Morgan fingerprint density at radius 3 is 3.00 bits per heavy atom. The Kier molecular flexibility index (Phi) is 3.02. The number of aliphatic hydroxyl groups excluding tert-OH is 1. The third-order valence-electron chi connectivity index (χ3n) is 1.90. The van der Waals surface area contributed by atoms with Crippen molar-refractivity contribution < 1.29 is 14.6 Å². The fraction of sp³-hybridized carbons (Fsp3) is 0.875. The highest BCUT2D eigenvalue weighted by Gasteiger charge is 2.17. The van der Waals surface area contributed by atoms with E-state index < -0.39 is 6.29 Å². The molecule has 1 N–H and O–H groups in total. The summed E-state index contributed by atoms with van der Waals surface area (Å²) in [6, 6.07) is 0. The predicted molar refractivity (Wildman–Crippen MR) is 40.0 cm³/mol. The molecule has 3 heteroatoms. The highest BCUT2D eigenvalue weighted by molar-refractivity contribution is 5.78. The van der Waals surface area contributed by atoms with Crippen LogP contribution < -0.4 is 0 Å². The molecule has 0 saturated carbocycles. The predicted octanol–water partition coefficient (Wildman–Crippen LogP) is 0.711. The summed E-state index contributed by atoms with van der Waals surface area (Å²) in [5, 5.41) is 9.03. The van der Waals surface area contributed by atoms with Crippen LogP contribution in [0.25, 0.3) is 0 Å². The average Bonchev–Trinajstić information content (AvgIpc) is 1.83. The number of aliphatic hydroxyl groups is 1. The standard InChI is InChI=1S/C8H14O3/c1-6-2-3-11-8(10)5-7(9)4-6/h6,8,10H,2-5H2,1H3/t6-,8-/m1/s1. The molecule has 0 spiro atoms. The van der Waals surface area contributed by atoms with Gasteiger partial charge in [0.05, 0.1) is 13.0 Å². The second kappa shape index (κ2) is 3.83. The third-order valence-corrected chi connectivity index (χ3v) is 1.90. The first-order valence-corrected chi connectivity index (χ1v) is 4.00. The van der Waals surface area contributed by atoms with Gasteiger partial charge >= 0.3 is 0 Å². The zero-order chi connectivity index (χ0) is 8.27. The van der Waals surface area contributed by atoms with E-state index in [2.05, 4.69) is 0 Å². The Morgan fingerprint density at radius 1 is 1.55 bits per heavy atom. The summed E-state index contributed by atoms with van der Waals surface area (Å²) in [5.74, 6) is 0.500. The van der Waals surface area contributed by atoms with E-state index in [1.165, 1.54) is 0 Å². The fourth-order valence-corrected chi connectivity index (χ4v) is 1.23. The minimum absolute atomic E-state index is 0.102. The van der Waals surface area contributed by atoms with Crippen molar-refractivity contribution in [3.8, 4) is 0 Å². The molecule has 1 saturated heterocycles. The highest BCUT2D eigenvalue weighted by Crippen LogP contribution is 2.14. The van der Waals surface area contributed by atoms with E-state index in [0.717, 1.165) is 6.42 Å². The van der Waals surface area contributed by atoms with E-state index in [4.69, 9.17) is 9.84 Å². The minimum Gasteiger partial charge on any atom is -0.368 e. The van der Waals surface area contributed by atoms with E-state index in [-0.39, 0.29) is 12.2 Å². The van der Waals surface area contributed by atoms with Gasteiger partial charge < -0.3 is 9.84 Å². The maximum absolute atomic E-state index is 11.0. The number of carbonyl (C=O) groups is 1. The molecule has 11 heavy (non-hydrogen) atoms. The van der Waals surface area contributed by atoms with Crippen LogP contribution in [0.1, 0.15) is 26.2 Å². The molecule has 2 atom stereocenters. The first-order chi connectivity index (χ1) is 5.18. The van der Waals surface area contributed by atoms with Gasteiger partial charge in [0, 0.05) is 6.42 Å². The molecular formula is C8H14O3. The van der Waals surface area contributed by atoms with Gasteiger partial charge in [-0.3, -0.25) is 4.79 Å². The quantitative estimate of drug-likeness (QED) is 0.564. The zero-order valence-electron chi connectivity index (χ0n) is 6.75. The average molecular weight is 158 g/mol. The van der Waals surface area contributed by atoms with Crippen molar-refractivity contribution in [2.75, 3.05) is 6.61 Å². The number of Topliss-reactive ketones (excluding diaryl/α,β-unsaturated/α-hetero) is 1. The van der Waals surface area contributed by atoms with Crippen molar-refractivity contribution in [3.63, 3.8) is 0 Å². The van der Waals surface area contributed by atoms with Crippen LogP contribution in [-0.4, -0.2) is 23.8 Å². The number of hydrogen-bond donors (Lipinski definition) is 1. The first kappa shape index (κ1) is 8.68. The Hall–Kier alpha value is -0.410. The number of rotatable bonds is 0. The molecule has 0 unspecified atom stereocenters. The summed E-state index contributed by atoms with van der Waals surface area (Å²) in [5.41, 5.74) is 0. The normalized spacial score (nSPS) is 34.5. The van der Waals surface area contributed by atoms with Crippen molar-refractivity contribution in [2.45, 2.75) is 32.5 Å². The van der Waals surface area contributed by atoms with Crippen LogP contribution >= 0.6 is 0 Å². The van der Waals surface area contributed by atoms with Gasteiger partial charge in [-0.05, 0) is 12.3 Å². The molecule has 0 amide bonds. The summed E-state index contributed by atoms with van der Waals surface area (Å²) >= 11 is 0. The van der Waals surface area contributed by atoms with Crippen molar-refractivity contribution in [1.82, 2.24) is 0 Å². The van der Waals surface area contributed by atoms with E-state index in [1.54, 1.807) is 0 Å². The summed E-state index contributed by atoms with van der Waals surface area (Å²) in [4.78, 5) is 11.0. The van der Waals surface area contributed by atoms with Gasteiger partial charge in [-0.15, -0.1) is 0 Å². The lowest BCUT2D eigenvalue weighted by Crippen LogP contribution is -2.23. The molecule has 1 heterocycles. The largest absolute Gasteiger partial charge is 0.368 e. The van der Waals surface area contributed by atoms with Gasteiger partial charge in [0.1, 0.15) is 5.78 Å². The Bertz CT molecular complexity index is 130. The van der Waals surface area contributed by atoms with Crippen LogP contribution in [-0.2, 0) is 9.53 Å². The van der Waals surface area contributed by atoms with Crippen LogP contribution in [0.5, 0.6) is 0 Å². The highest BCUT2D eigenvalue weighted by atomic mass is 16.6. The topological polar surface area (TPSA) is 46.5 Å². The van der Waals surface area contributed by atoms with Crippen LogP contribution in [0.2, 0.25) is 0 Å². The Balaban J connectivity index is 2.41. The molecule has 0 bridgehead atoms. The molecule has 0 aromatic rings. The summed E-state index contributed by atoms with van der Waals surface area (Å²) in [6.45, 7) is 2.59. The molecule has 3 nitrogen and oxygen atoms in total. The van der Waals surface area contributed by atoms with E-state index >= 15 is 0 Å². The number of hydrogen-bond acceptors (Lipinski definition) is 3. The molecule has 1 aliphatic rings. The lowest BCUT2D eigenvalue weighted by atomic mass is 9.99. The number of carbonyl (C=O) groups excluding carboxylic acids is 1. The maximum atomic E-state index is 11.0. The van der Waals surface area contributed by atoms with Gasteiger partial charge in [0.25, 0.3) is 0 Å².